The number of hydrogen-bond acceptors (Lipinski definition) is 1. The normalized spacial score (nSPS) is 10.9. The summed E-state index contributed by atoms with van der Waals surface area (Å²) in [5, 5.41) is 1.17. The molecule has 0 unspecified atom stereocenters. The quantitative estimate of drug-likeness (QED) is 0.690. The topological polar surface area (TPSA) is 14.2 Å². The average Bonchev–Trinajstić information content (AvgIpc) is 2.77. The van der Waals surface area contributed by atoms with Gasteiger partial charge in [-0.3, -0.25) is 0 Å². The zero-order chi connectivity index (χ0) is 14.1. The second kappa shape index (κ2) is 5.17. The molecular weight excluding hydrogens is 277 g/mol. The molecule has 0 spiro atoms. The van der Waals surface area contributed by atoms with E-state index >= 15 is 0 Å². The van der Waals surface area contributed by atoms with Gasteiger partial charge in [0.05, 0.1) is 16.2 Å². The number of hydrogen-bond donors (Lipinski definition) is 0. The first-order chi connectivity index (χ1) is 9.66. The Morgan fingerprint density at radius 2 is 1.95 bits per heavy atom. The van der Waals surface area contributed by atoms with Gasteiger partial charge in [-0.15, -0.1) is 0 Å². The summed E-state index contributed by atoms with van der Waals surface area (Å²) in [4.78, 5) is 0. The third-order valence-corrected chi connectivity index (χ3v) is 3.66. The van der Waals surface area contributed by atoms with Crippen molar-refractivity contribution in [1.82, 2.24) is 4.57 Å². The minimum absolute atomic E-state index is 0.220. The molecule has 2 aromatic carbocycles. The van der Waals surface area contributed by atoms with Crippen molar-refractivity contribution in [2.45, 2.75) is 6.61 Å². The minimum atomic E-state index is -0.220. The second-order valence-electron chi connectivity index (χ2n) is 4.59. The van der Waals surface area contributed by atoms with Crippen molar-refractivity contribution < 1.29 is 9.13 Å². The maximum Gasteiger partial charge on any atom is 0.138 e. The highest BCUT2D eigenvalue weighted by Crippen LogP contribution is 2.26. The van der Waals surface area contributed by atoms with E-state index in [4.69, 9.17) is 16.3 Å². The van der Waals surface area contributed by atoms with Crippen LogP contribution in [0.3, 0.4) is 0 Å². The van der Waals surface area contributed by atoms with Crippen LogP contribution < -0.4 is 4.74 Å². The largest absolute Gasteiger partial charge is 0.486 e. The second-order valence-corrected chi connectivity index (χ2v) is 4.99. The molecule has 0 aliphatic carbocycles. The Bertz CT molecular complexity index is 766. The van der Waals surface area contributed by atoms with Crippen LogP contribution in [0.15, 0.2) is 48.5 Å². The van der Waals surface area contributed by atoms with Crippen LogP contribution in [0.1, 0.15) is 5.69 Å². The Balaban J connectivity index is 1.90. The van der Waals surface area contributed by atoms with E-state index in [1.54, 1.807) is 12.1 Å². The van der Waals surface area contributed by atoms with E-state index in [1.807, 2.05) is 41.9 Å². The molecule has 0 radical (unpaired) electrons. The number of para-hydroxylation sites is 1. The summed E-state index contributed by atoms with van der Waals surface area (Å²) >= 11 is 6.04. The molecule has 0 saturated heterocycles. The van der Waals surface area contributed by atoms with Crippen molar-refractivity contribution in [2.75, 3.05) is 0 Å². The van der Waals surface area contributed by atoms with E-state index in [1.165, 1.54) is 6.07 Å². The van der Waals surface area contributed by atoms with E-state index in [0.717, 1.165) is 11.2 Å². The van der Waals surface area contributed by atoms with Gasteiger partial charge in [0.2, 0.25) is 0 Å². The fourth-order valence-electron chi connectivity index (χ4n) is 2.23. The van der Waals surface area contributed by atoms with E-state index in [2.05, 4.69) is 0 Å². The van der Waals surface area contributed by atoms with Gasteiger partial charge in [0, 0.05) is 12.4 Å². The fraction of sp³-hybridized carbons (Fsp3) is 0.125. The molecule has 4 heteroatoms. The van der Waals surface area contributed by atoms with Gasteiger partial charge in [-0.1, -0.05) is 29.8 Å². The molecule has 0 N–H and O–H groups in total. The summed E-state index contributed by atoms with van der Waals surface area (Å²) in [6, 6.07) is 14.2. The smallest absolute Gasteiger partial charge is 0.138 e. The number of halogens is 2. The van der Waals surface area contributed by atoms with Crippen LogP contribution in [-0.2, 0) is 13.7 Å². The fourth-order valence-corrected chi connectivity index (χ4v) is 2.42. The molecule has 0 fully saturated rings. The lowest BCUT2D eigenvalue weighted by Gasteiger charge is -2.08. The number of benzene rings is 2. The Kier molecular flexibility index (Phi) is 3.36. The molecule has 20 heavy (non-hydrogen) atoms. The van der Waals surface area contributed by atoms with Gasteiger partial charge in [0.25, 0.3) is 0 Å². The van der Waals surface area contributed by atoms with Crippen LogP contribution in [0, 0.1) is 5.82 Å². The number of fused-ring (bicyclic) bond motifs is 1. The predicted molar refractivity (Wildman–Crippen MR) is 78.7 cm³/mol. The summed E-state index contributed by atoms with van der Waals surface area (Å²) < 4.78 is 21.4. The van der Waals surface area contributed by atoms with E-state index in [-0.39, 0.29) is 5.82 Å². The number of ether oxygens (including phenoxy) is 1. The summed E-state index contributed by atoms with van der Waals surface area (Å²) in [7, 11) is 1.90. The van der Waals surface area contributed by atoms with Gasteiger partial charge in [-0.25, -0.2) is 4.39 Å². The summed E-state index contributed by atoms with van der Waals surface area (Å²) in [5.41, 5.74) is 1.74. The molecule has 2 nitrogen and oxygen atoms in total. The number of aryl methyl sites for hydroxylation is 1. The van der Waals surface area contributed by atoms with Gasteiger partial charge in [0.15, 0.2) is 0 Å². The molecule has 1 heterocycles. The highest BCUT2D eigenvalue weighted by Gasteiger charge is 2.10. The molecule has 1 aromatic heterocycles. The Hall–Kier alpha value is -2.00. The third kappa shape index (κ3) is 2.25. The Labute approximate surface area is 121 Å². The average molecular weight is 290 g/mol. The van der Waals surface area contributed by atoms with Crippen molar-refractivity contribution in [3.8, 4) is 5.75 Å². The monoisotopic (exact) mass is 289 g/mol. The lowest BCUT2D eigenvalue weighted by molar-refractivity contribution is 0.298. The van der Waals surface area contributed by atoms with Crippen LogP contribution in [0.4, 0.5) is 4.39 Å². The summed E-state index contributed by atoms with van der Waals surface area (Å²) in [5.74, 6) is 0.405. The van der Waals surface area contributed by atoms with Gasteiger partial charge in [-0.2, -0.15) is 0 Å². The van der Waals surface area contributed by atoms with Crippen LogP contribution in [0.5, 0.6) is 5.75 Å². The minimum Gasteiger partial charge on any atom is -0.486 e. The molecule has 0 amide bonds. The summed E-state index contributed by atoms with van der Waals surface area (Å²) in [6.45, 7) is 0.342. The standard InChI is InChI=1S/C16H13ClFNO/c1-19-11(9-12-14(18)6-4-7-15(12)19)10-20-16-8-3-2-5-13(16)17/h2-9H,10H2,1H3. The first kappa shape index (κ1) is 13.0. The zero-order valence-electron chi connectivity index (χ0n) is 10.9. The van der Waals surface area contributed by atoms with Crippen LogP contribution in [0.2, 0.25) is 5.02 Å². The lowest BCUT2D eigenvalue weighted by Crippen LogP contribution is -2.01. The van der Waals surface area contributed by atoms with E-state index < -0.39 is 0 Å². The number of aromatic nitrogens is 1. The van der Waals surface area contributed by atoms with Gasteiger partial charge >= 0.3 is 0 Å². The summed E-state index contributed by atoms with van der Waals surface area (Å²) in [6.07, 6.45) is 0. The maximum atomic E-state index is 13.7. The molecule has 102 valence electrons. The molecule has 0 saturated carbocycles. The van der Waals surface area contributed by atoms with E-state index in [0.29, 0.717) is 22.8 Å². The van der Waals surface area contributed by atoms with E-state index in [9.17, 15) is 4.39 Å². The molecule has 0 bridgehead atoms. The first-order valence-electron chi connectivity index (χ1n) is 6.27. The highest BCUT2D eigenvalue weighted by atomic mass is 35.5. The molecule has 0 aliphatic heterocycles. The maximum absolute atomic E-state index is 13.7. The number of nitrogens with zero attached hydrogens (tertiary/aromatic N) is 1. The predicted octanol–water partition coefficient (Wildman–Crippen LogP) is 4.55. The van der Waals surface area contributed by atoms with Crippen LogP contribution in [0.25, 0.3) is 10.9 Å². The molecular formula is C16H13ClFNO. The van der Waals surface area contributed by atoms with Gasteiger partial charge in [-0.05, 0) is 30.3 Å². The van der Waals surface area contributed by atoms with Crippen LogP contribution >= 0.6 is 11.6 Å². The van der Waals surface area contributed by atoms with Gasteiger partial charge in [0.1, 0.15) is 18.2 Å². The van der Waals surface area contributed by atoms with Crippen LogP contribution in [-0.4, -0.2) is 4.57 Å². The first-order valence-corrected chi connectivity index (χ1v) is 6.65. The van der Waals surface area contributed by atoms with Crippen molar-refractivity contribution in [3.63, 3.8) is 0 Å². The van der Waals surface area contributed by atoms with Crippen molar-refractivity contribution >= 4 is 22.5 Å². The van der Waals surface area contributed by atoms with Gasteiger partial charge < -0.3 is 9.30 Å². The molecule has 0 atom stereocenters. The zero-order valence-corrected chi connectivity index (χ0v) is 11.7. The Morgan fingerprint density at radius 1 is 1.15 bits per heavy atom. The lowest BCUT2D eigenvalue weighted by atomic mass is 10.2. The molecule has 0 aliphatic rings. The number of rotatable bonds is 3. The van der Waals surface area contributed by atoms with Crippen molar-refractivity contribution in [1.29, 1.82) is 0 Å². The molecule has 3 rings (SSSR count). The van der Waals surface area contributed by atoms with Crippen molar-refractivity contribution in [3.05, 3.63) is 65.1 Å². The molecule has 3 aromatic rings. The Morgan fingerprint density at radius 3 is 2.70 bits per heavy atom. The van der Waals surface area contributed by atoms with Crippen molar-refractivity contribution in [2.24, 2.45) is 7.05 Å². The SMILES string of the molecule is Cn1c(COc2ccccc2Cl)cc2c(F)cccc21. The highest BCUT2D eigenvalue weighted by molar-refractivity contribution is 6.32. The third-order valence-electron chi connectivity index (χ3n) is 3.35.